The van der Waals surface area contributed by atoms with Crippen LogP contribution in [0.4, 0.5) is 5.82 Å². The first kappa shape index (κ1) is 25.0. The molecular formula is C25H22BrN7O3S. The van der Waals surface area contributed by atoms with Gasteiger partial charge in [0.2, 0.25) is 5.91 Å². The molecule has 4 aromatic rings. The number of hydrogen-bond donors (Lipinski definition) is 1. The van der Waals surface area contributed by atoms with Gasteiger partial charge in [0, 0.05) is 42.6 Å². The Bertz CT molecular complexity index is 1520. The third kappa shape index (κ3) is 5.25. The van der Waals surface area contributed by atoms with Crippen molar-refractivity contribution in [3.63, 3.8) is 0 Å². The van der Waals surface area contributed by atoms with E-state index in [4.69, 9.17) is 0 Å². The molecule has 1 N–H and O–H groups in total. The van der Waals surface area contributed by atoms with Crippen molar-refractivity contribution >= 4 is 62.0 Å². The molecule has 37 heavy (non-hydrogen) atoms. The van der Waals surface area contributed by atoms with Gasteiger partial charge in [0.05, 0.1) is 5.52 Å². The molecule has 4 heterocycles. The highest BCUT2D eigenvalue weighted by molar-refractivity contribution is 9.10. The fraction of sp³-hybridized carbons (Fsp3) is 0.240. The first-order valence-electron chi connectivity index (χ1n) is 11.4. The lowest BCUT2D eigenvalue weighted by molar-refractivity contribution is -0.135. The van der Waals surface area contributed by atoms with Crippen LogP contribution in [-0.2, 0) is 16.1 Å². The minimum atomic E-state index is -0.685. The molecule has 0 saturated carbocycles. The van der Waals surface area contributed by atoms with Crippen LogP contribution >= 0.6 is 27.7 Å². The summed E-state index contributed by atoms with van der Waals surface area (Å²) in [6.07, 6.45) is 3.45. The second kappa shape index (κ2) is 10.4. The normalized spacial score (nSPS) is 15.2. The van der Waals surface area contributed by atoms with Gasteiger partial charge in [0.15, 0.2) is 11.2 Å². The number of aryl methyl sites for hydroxylation is 1. The number of amides is 2. The second-order valence-corrected chi connectivity index (χ2v) is 10.5. The van der Waals surface area contributed by atoms with Gasteiger partial charge in [0.25, 0.3) is 5.91 Å². The maximum absolute atomic E-state index is 13.3. The molecule has 0 bridgehead atoms. The number of rotatable bonds is 6. The zero-order valence-corrected chi connectivity index (χ0v) is 22.4. The summed E-state index contributed by atoms with van der Waals surface area (Å²) in [7, 11) is 0. The molecule has 5 rings (SSSR count). The summed E-state index contributed by atoms with van der Waals surface area (Å²) in [5, 5.41) is 7.20. The summed E-state index contributed by atoms with van der Waals surface area (Å²) >= 11 is 4.68. The Kier molecular flexibility index (Phi) is 7.02. The molecule has 0 unspecified atom stereocenters. The number of fused-ring (bicyclic) bond motifs is 1. The van der Waals surface area contributed by atoms with Crippen LogP contribution < -0.4 is 5.32 Å². The molecule has 10 nitrogen and oxygen atoms in total. The fourth-order valence-electron chi connectivity index (χ4n) is 4.11. The predicted molar refractivity (Wildman–Crippen MR) is 144 cm³/mol. The molecule has 2 amide bonds. The fourth-order valence-corrected chi connectivity index (χ4v) is 5.59. The Hall–Kier alpha value is -3.64. The molecule has 188 valence electrons. The summed E-state index contributed by atoms with van der Waals surface area (Å²) < 4.78 is 2.12. The molecule has 0 spiro atoms. The minimum absolute atomic E-state index is 0.101. The number of carbonyl (C=O) groups is 3. The van der Waals surface area contributed by atoms with Crippen molar-refractivity contribution in [2.75, 3.05) is 17.6 Å². The number of carbonyl (C=O) groups excluding carboxylic acids is 3. The number of thioether (sulfide) groups is 1. The summed E-state index contributed by atoms with van der Waals surface area (Å²) in [6.45, 7) is 3.59. The zero-order valence-electron chi connectivity index (χ0n) is 20.0. The molecule has 1 aliphatic rings. The number of hydrogen-bond acceptors (Lipinski definition) is 8. The molecule has 1 aliphatic heterocycles. The van der Waals surface area contributed by atoms with Crippen LogP contribution in [0.15, 0.2) is 53.4 Å². The first-order chi connectivity index (χ1) is 17.8. The number of benzene rings is 1. The quantitative estimate of drug-likeness (QED) is 0.271. The van der Waals surface area contributed by atoms with Crippen LogP contribution in [0.25, 0.3) is 22.0 Å². The van der Waals surface area contributed by atoms with Gasteiger partial charge in [-0.15, -0.1) is 11.8 Å². The number of nitrogens with zero attached hydrogens (tertiary/aromatic N) is 6. The lowest BCUT2D eigenvalue weighted by Gasteiger charge is -2.23. The number of halogens is 1. The average Bonchev–Trinajstić information content (AvgIpc) is 3.50. The van der Waals surface area contributed by atoms with E-state index < -0.39 is 5.37 Å². The van der Waals surface area contributed by atoms with Crippen molar-refractivity contribution in [1.82, 2.24) is 29.6 Å². The molecule has 3 aromatic heterocycles. The highest BCUT2D eigenvalue weighted by atomic mass is 79.9. The van der Waals surface area contributed by atoms with E-state index >= 15 is 0 Å². The molecule has 1 saturated heterocycles. The third-order valence-electron chi connectivity index (χ3n) is 5.89. The summed E-state index contributed by atoms with van der Waals surface area (Å²) in [5.41, 5.74) is 2.59. The van der Waals surface area contributed by atoms with E-state index in [0.717, 1.165) is 11.1 Å². The Balaban J connectivity index is 1.39. The van der Waals surface area contributed by atoms with Crippen LogP contribution in [0.3, 0.4) is 0 Å². The largest absolute Gasteiger partial charge is 0.319 e. The van der Waals surface area contributed by atoms with E-state index in [2.05, 4.69) is 41.3 Å². The van der Waals surface area contributed by atoms with Gasteiger partial charge in [-0.25, -0.2) is 15.0 Å². The van der Waals surface area contributed by atoms with E-state index in [0.29, 0.717) is 39.4 Å². The van der Waals surface area contributed by atoms with Crippen molar-refractivity contribution in [1.29, 1.82) is 0 Å². The van der Waals surface area contributed by atoms with Crippen LogP contribution in [0.2, 0.25) is 0 Å². The maximum Gasteiger partial charge on any atom is 0.258 e. The lowest BCUT2D eigenvalue weighted by atomic mass is 10.0. The minimum Gasteiger partial charge on any atom is -0.319 e. The average molecular weight is 580 g/mol. The van der Waals surface area contributed by atoms with E-state index in [1.807, 2.05) is 25.1 Å². The lowest BCUT2D eigenvalue weighted by Crippen LogP contribution is -2.43. The van der Waals surface area contributed by atoms with Crippen molar-refractivity contribution < 1.29 is 14.4 Å². The predicted octanol–water partition coefficient (Wildman–Crippen LogP) is 3.70. The van der Waals surface area contributed by atoms with Gasteiger partial charge < -0.3 is 10.2 Å². The Morgan fingerprint density at radius 2 is 1.92 bits per heavy atom. The van der Waals surface area contributed by atoms with E-state index in [-0.39, 0.29) is 29.8 Å². The number of nitrogens with one attached hydrogen (secondary N) is 1. The number of ketones is 1. The van der Waals surface area contributed by atoms with Crippen molar-refractivity contribution in [2.24, 2.45) is 0 Å². The SMILES string of the molecule is CC(=O)c1nn(CC(=O)N2CCS[C@H]2C(=O)Nc2cccc(Br)n2)c2ccc(-c3cnc(C)nc3)cc12. The van der Waals surface area contributed by atoms with E-state index in [9.17, 15) is 14.4 Å². The van der Waals surface area contributed by atoms with Gasteiger partial charge >= 0.3 is 0 Å². The van der Waals surface area contributed by atoms with Gasteiger partial charge in [-0.05, 0) is 52.7 Å². The van der Waals surface area contributed by atoms with Crippen molar-refractivity contribution in [3.05, 3.63) is 64.9 Å². The molecule has 1 atom stereocenters. The van der Waals surface area contributed by atoms with Crippen LogP contribution in [0.1, 0.15) is 23.2 Å². The molecular weight excluding hydrogens is 558 g/mol. The standard InChI is InChI=1S/C25H22BrN7O3S/c1-14(34)23-18-10-16(17-11-27-15(2)28-12-17)6-7-19(18)33(31-23)13-22(35)32-8-9-37-25(32)24(36)30-21-5-3-4-20(26)29-21/h3-7,10-12,25H,8-9,13H2,1-2H3,(H,29,30,36)/t25-/m0/s1. The van der Waals surface area contributed by atoms with Crippen molar-refractivity contribution in [3.8, 4) is 11.1 Å². The zero-order chi connectivity index (χ0) is 26.1. The van der Waals surface area contributed by atoms with E-state index in [1.165, 1.54) is 28.3 Å². The summed E-state index contributed by atoms with van der Waals surface area (Å²) in [4.78, 5) is 52.9. The van der Waals surface area contributed by atoms with Gasteiger partial charge in [0.1, 0.15) is 28.5 Å². The Morgan fingerprint density at radius 3 is 2.65 bits per heavy atom. The second-order valence-electron chi connectivity index (χ2n) is 8.46. The molecule has 1 fully saturated rings. The van der Waals surface area contributed by atoms with Gasteiger partial charge in [-0.3, -0.25) is 19.1 Å². The van der Waals surface area contributed by atoms with E-state index in [1.54, 1.807) is 30.6 Å². The first-order valence-corrected chi connectivity index (χ1v) is 13.3. The molecule has 0 aliphatic carbocycles. The number of Topliss-reactive ketones (excluding diaryl/α,β-unsaturated/α-hetero) is 1. The van der Waals surface area contributed by atoms with Crippen LogP contribution in [-0.4, -0.2) is 64.9 Å². The topological polar surface area (TPSA) is 123 Å². The highest BCUT2D eigenvalue weighted by Gasteiger charge is 2.35. The van der Waals surface area contributed by atoms with Crippen LogP contribution in [0, 0.1) is 6.92 Å². The van der Waals surface area contributed by atoms with Crippen LogP contribution in [0.5, 0.6) is 0 Å². The van der Waals surface area contributed by atoms with Gasteiger partial charge in [-0.1, -0.05) is 12.1 Å². The Morgan fingerprint density at radius 1 is 1.14 bits per heavy atom. The number of pyridine rings is 1. The van der Waals surface area contributed by atoms with Crippen molar-refractivity contribution in [2.45, 2.75) is 25.8 Å². The molecule has 0 radical (unpaired) electrons. The summed E-state index contributed by atoms with van der Waals surface area (Å²) in [5.74, 6) is 0.919. The third-order valence-corrected chi connectivity index (χ3v) is 7.53. The molecule has 1 aromatic carbocycles. The number of aromatic nitrogens is 5. The highest BCUT2D eigenvalue weighted by Crippen LogP contribution is 2.28. The smallest absolute Gasteiger partial charge is 0.258 e. The molecule has 12 heteroatoms. The maximum atomic E-state index is 13.3. The monoisotopic (exact) mass is 579 g/mol. The number of anilines is 1. The van der Waals surface area contributed by atoms with Gasteiger partial charge in [-0.2, -0.15) is 5.10 Å². The summed E-state index contributed by atoms with van der Waals surface area (Å²) in [6, 6.07) is 10.8. The Labute approximate surface area is 225 Å².